The third-order valence-corrected chi connectivity index (χ3v) is 4.99. The zero-order valence-corrected chi connectivity index (χ0v) is 11.5. The number of hydrogen-bond donors (Lipinski definition) is 1. The molecule has 2 fully saturated rings. The van der Waals surface area contributed by atoms with E-state index in [0.717, 1.165) is 24.3 Å². The first-order valence-electron chi connectivity index (χ1n) is 7.72. The van der Waals surface area contributed by atoms with Crippen LogP contribution < -0.4 is 5.73 Å². The van der Waals surface area contributed by atoms with E-state index in [4.69, 9.17) is 5.73 Å². The Hall–Kier alpha value is -0.0800. The van der Waals surface area contributed by atoms with Gasteiger partial charge < -0.3 is 10.6 Å². The minimum absolute atomic E-state index is 0.745. The summed E-state index contributed by atoms with van der Waals surface area (Å²) in [6.45, 7) is 7.18. The Labute approximate surface area is 107 Å². The van der Waals surface area contributed by atoms with Crippen LogP contribution in [0.1, 0.15) is 51.9 Å². The number of likely N-dealkylation sites (tertiary alicyclic amines) is 1. The molecule has 1 heterocycles. The molecule has 0 amide bonds. The molecule has 0 radical (unpaired) electrons. The smallest absolute Gasteiger partial charge is 0.00244 e. The molecule has 2 atom stereocenters. The summed E-state index contributed by atoms with van der Waals surface area (Å²) in [5.41, 5.74) is 5.89. The fourth-order valence-corrected chi connectivity index (χ4v) is 3.61. The fourth-order valence-electron chi connectivity index (χ4n) is 3.61. The fraction of sp³-hybridized carbons (Fsp3) is 1.00. The van der Waals surface area contributed by atoms with Crippen LogP contribution in [0.15, 0.2) is 0 Å². The molecule has 2 aliphatic rings. The minimum Gasteiger partial charge on any atom is -0.330 e. The van der Waals surface area contributed by atoms with Crippen molar-refractivity contribution in [3.8, 4) is 0 Å². The highest BCUT2D eigenvalue weighted by atomic mass is 15.1. The van der Waals surface area contributed by atoms with Gasteiger partial charge in [-0.1, -0.05) is 32.6 Å². The van der Waals surface area contributed by atoms with Crippen LogP contribution in [0.4, 0.5) is 0 Å². The van der Waals surface area contributed by atoms with E-state index in [-0.39, 0.29) is 0 Å². The lowest BCUT2D eigenvalue weighted by Crippen LogP contribution is -2.44. The van der Waals surface area contributed by atoms with Crippen LogP contribution >= 0.6 is 0 Å². The molecule has 2 heteroatoms. The summed E-state index contributed by atoms with van der Waals surface area (Å²) < 4.78 is 0. The van der Waals surface area contributed by atoms with Gasteiger partial charge in [-0.3, -0.25) is 0 Å². The second kappa shape index (κ2) is 6.75. The van der Waals surface area contributed by atoms with Crippen molar-refractivity contribution in [2.75, 3.05) is 26.2 Å². The molecule has 1 saturated carbocycles. The van der Waals surface area contributed by atoms with Crippen molar-refractivity contribution in [3.63, 3.8) is 0 Å². The first-order valence-corrected chi connectivity index (χ1v) is 7.72. The van der Waals surface area contributed by atoms with Crippen LogP contribution in [0.2, 0.25) is 0 Å². The molecular weight excluding hydrogens is 208 g/mol. The molecule has 0 aromatic carbocycles. The van der Waals surface area contributed by atoms with E-state index in [9.17, 15) is 0 Å². The molecule has 0 aromatic rings. The highest BCUT2D eigenvalue weighted by Crippen LogP contribution is 2.27. The van der Waals surface area contributed by atoms with E-state index in [1.54, 1.807) is 0 Å². The van der Waals surface area contributed by atoms with Crippen molar-refractivity contribution in [1.82, 2.24) is 4.90 Å². The van der Waals surface area contributed by atoms with Crippen LogP contribution in [-0.4, -0.2) is 31.1 Å². The van der Waals surface area contributed by atoms with Gasteiger partial charge in [-0.05, 0) is 50.1 Å². The molecule has 0 bridgehead atoms. The van der Waals surface area contributed by atoms with E-state index in [1.165, 1.54) is 64.6 Å². The molecule has 100 valence electrons. The summed E-state index contributed by atoms with van der Waals surface area (Å²) in [5, 5.41) is 0. The second-order valence-electron chi connectivity index (χ2n) is 6.38. The van der Waals surface area contributed by atoms with Crippen LogP contribution in [0.5, 0.6) is 0 Å². The zero-order valence-electron chi connectivity index (χ0n) is 11.5. The van der Waals surface area contributed by atoms with E-state index in [1.807, 2.05) is 0 Å². The quantitative estimate of drug-likeness (QED) is 0.766. The molecule has 1 saturated heterocycles. The highest BCUT2D eigenvalue weighted by molar-refractivity contribution is 4.80. The van der Waals surface area contributed by atoms with Crippen LogP contribution in [0.3, 0.4) is 0 Å². The van der Waals surface area contributed by atoms with Gasteiger partial charge in [0.15, 0.2) is 0 Å². The van der Waals surface area contributed by atoms with Gasteiger partial charge in [0.25, 0.3) is 0 Å². The third kappa shape index (κ3) is 3.96. The molecule has 2 rings (SSSR count). The van der Waals surface area contributed by atoms with Crippen molar-refractivity contribution < 1.29 is 0 Å². The summed E-state index contributed by atoms with van der Waals surface area (Å²) in [7, 11) is 0. The number of hydrogen-bond acceptors (Lipinski definition) is 2. The lowest BCUT2D eigenvalue weighted by atomic mass is 9.86. The Morgan fingerprint density at radius 1 is 1.06 bits per heavy atom. The molecule has 2 unspecified atom stereocenters. The Morgan fingerprint density at radius 3 is 2.41 bits per heavy atom. The maximum atomic E-state index is 5.89. The van der Waals surface area contributed by atoms with E-state index < -0.39 is 0 Å². The van der Waals surface area contributed by atoms with Gasteiger partial charge >= 0.3 is 0 Å². The zero-order chi connectivity index (χ0) is 12.1. The van der Waals surface area contributed by atoms with Gasteiger partial charge in [0, 0.05) is 13.1 Å². The van der Waals surface area contributed by atoms with Gasteiger partial charge in [-0.2, -0.15) is 0 Å². The van der Waals surface area contributed by atoms with Gasteiger partial charge in [-0.25, -0.2) is 0 Å². The molecule has 2 N–H and O–H groups in total. The summed E-state index contributed by atoms with van der Waals surface area (Å²) in [6, 6.07) is 0. The molecule has 1 aliphatic heterocycles. The van der Waals surface area contributed by atoms with Crippen molar-refractivity contribution in [2.24, 2.45) is 23.5 Å². The van der Waals surface area contributed by atoms with Crippen LogP contribution in [0, 0.1) is 17.8 Å². The van der Waals surface area contributed by atoms with Crippen LogP contribution in [-0.2, 0) is 0 Å². The summed E-state index contributed by atoms with van der Waals surface area (Å²) >= 11 is 0. The van der Waals surface area contributed by atoms with Gasteiger partial charge in [0.2, 0.25) is 0 Å². The number of nitrogens with two attached hydrogens (primary N) is 1. The minimum atomic E-state index is 0.745. The average Bonchev–Trinajstić information content (AvgIpc) is 2.60. The first kappa shape index (κ1) is 13.4. The third-order valence-electron chi connectivity index (χ3n) is 4.99. The van der Waals surface area contributed by atoms with E-state index >= 15 is 0 Å². The Bertz CT molecular complexity index is 209. The second-order valence-corrected chi connectivity index (χ2v) is 6.38. The Kier molecular flexibility index (Phi) is 5.30. The Balaban J connectivity index is 1.78. The Morgan fingerprint density at radius 2 is 1.76 bits per heavy atom. The normalized spacial score (nSPS) is 33.5. The van der Waals surface area contributed by atoms with Crippen molar-refractivity contribution >= 4 is 0 Å². The monoisotopic (exact) mass is 238 g/mol. The predicted molar refractivity (Wildman–Crippen MR) is 74.0 cm³/mol. The first-order chi connectivity index (χ1) is 8.29. The summed E-state index contributed by atoms with van der Waals surface area (Å²) in [4.78, 5) is 2.70. The molecule has 0 spiro atoms. The van der Waals surface area contributed by atoms with Gasteiger partial charge in [0.1, 0.15) is 0 Å². The molecule has 17 heavy (non-hydrogen) atoms. The maximum absolute atomic E-state index is 5.89. The molecule has 2 nitrogen and oxygen atoms in total. The van der Waals surface area contributed by atoms with E-state index in [2.05, 4.69) is 11.8 Å². The van der Waals surface area contributed by atoms with E-state index in [0.29, 0.717) is 0 Å². The molecule has 0 aromatic heterocycles. The average molecular weight is 238 g/mol. The lowest BCUT2D eigenvalue weighted by Gasteiger charge is -2.38. The topological polar surface area (TPSA) is 29.3 Å². The number of nitrogens with zero attached hydrogens (tertiary/aromatic N) is 1. The highest BCUT2D eigenvalue weighted by Gasteiger charge is 2.26. The van der Waals surface area contributed by atoms with Gasteiger partial charge in [0.05, 0.1) is 0 Å². The standard InChI is InChI=1S/C15H30N2/c1-13-8-9-17(12-15(13)10-16)11-14-6-4-2-3-5-7-14/h13-15H,2-12,16H2,1H3. The predicted octanol–water partition coefficient (Wildman–Crippen LogP) is 2.87. The number of rotatable bonds is 3. The number of piperidine rings is 1. The lowest BCUT2D eigenvalue weighted by molar-refractivity contribution is 0.112. The maximum Gasteiger partial charge on any atom is 0.00244 e. The summed E-state index contributed by atoms with van der Waals surface area (Å²) in [6.07, 6.45) is 10.2. The van der Waals surface area contributed by atoms with Crippen molar-refractivity contribution in [3.05, 3.63) is 0 Å². The van der Waals surface area contributed by atoms with Crippen molar-refractivity contribution in [2.45, 2.75) is 51.9 Å². The van der Waals surface area contributed by atoms with Crippen LogP contribution in [0.25, 0.3) is 0 Å². The molecular formula is C15H30N2. The molecule has 1 aliphatic carbocycles. The van der Waals surface area contributed by atoms with Gasteiger partial charge in [-0.15, -0.1) is 0 Å². The summed E-state index contributed by atoms with van der Waals surface area (Å²) in [5.74, 6) is 2.56. The van der Waals surface area contributed by atoms with Crippen molar-refractivity contribution in [1.29, 1.82) is 0 Å². The SMILES string of the molecule is CC1CCN(CC2CCCCCC2)CC1CN. The largest absolute Gasteiger partial charge is 0.330 e.